The number of amides is 1. The molecule has 2 aromatic rings. The molecule has 92 valence electrons. The summed E-state index contributed by atoms with van der Waals surface area (Å²) in [5, 5.41) is 8.74. The maximum absolute atomic E-state index is 11.8. The number of anilines is 2. The van der Waals surface area contributed by atoms with Crippen molar-refractivity contribution in [2.45, 2.75) is 0 Å². The monoisotopic (exact) mass is 264 g/mol. The summed E-state index contributed by atoms with van der Waals surface area (Å²) in [6, 6.07) is 7.17. The van der Waals surface area contributed by atoms with Gasteiger partial charge in [0, 0.05) is 22.3 Å². The highest BCUT2D eigenvalue weighted by Crippen LogP contribution is 2.17. The Kier molecular flexibility index (Phi) is 3.29. The molecule has 2 rings (SSSR count). The number of aromatic nitrogens is 2. The van der Waals surface area contributed by atoms with Gasteiger partial charge in [-0.3, -0.25) is 9.59 Å². The Bertz CT molecular complexity index is 613. The normalized spacial score (nSPS) is 10.1. The number of H-pyrrole nitrogens is 1. The van der Waals surface area contributed by atoms with Gasteiger partial charge in [-0.15, -0.1) is 0 Å². The van der Waals surface area contributed by atoms with E-state index in [-0.39, 0.29) is 11.4 Å². The number of aromatic amines is 1. The Morgan fingerprint density at radius 3 is 2.72 bits per heavy atom. The van der Waals surface area contributed by atoms with Crippen molar-refractivity contribution < 1.29 is 4.79 Å². The summed E-state index contributed by atoms with van der Waals surface area (Å²) in [6.45, 7) is 0. The van der Waals surface area contributed by atoms with E-state index in [0.717, 1.165) is 0 Å². The number of carbonyl (C=O) groups is 1. The molecule has 0 atom stereocenters. The number of nitrogens with one attached hydrogen (secondary N) is 2. The lowest BCUT2D eigenvalue weighted by Crippen LogP contribution is -2.16. The van der Waals surface area contributed by atoms with Crippen molar-refractivity contribution in [3.05, 3.63) is 51.3 Å². The largest absolute Gasteiger partial charge is 0.399 e. The van der Waals surface area contributed by atoms with E-state index >= 15 is 0 Å². The molecule has 0 spiro atoms. The van der Waals surface area contributed by atoms with Crippen molar-refractivity contribution in [3.8, 4) is 0 Å². The first-order valence-electron chi connectivity index (χ1n) is 4.98. The molecule has 6 nitrogen and oxygen atoms in total. The Labute approximate surface area is 107 Å². The van der Waals surface area contributed by atoms with Gasteiger partial charge in [-0.05, 0) is 24.3 Å². The van der Waals surface area contributed by atoms with Gasteiger partial charge in [0.15, 0.2) is 5.82 Å². The lowest BCUT2D eigenvalue weighted by atomic mass is 10.2. The van der Waals surface area contributed by atoms with Crippen molar-refractivity contribution in [1.29, 1.82) is 0 Å². The van der Waals surface area contributed by atoms with Gasteiger partial charge in [-0.1, -0.05) is 11.6 Å². The molecule has 0 aliphatic rings. The Balaban J connectivity index is 2.21. The molecule has 7 heteroatoms. The summed E-state index contributed by atoms with van der Waals surface area (Å²) < 4.78 is 0. The van der Waals surface area contributed by atoms with E-state index in [1.807, 2.05) is 0 Å². The fourth-order valence-corrected chi connectivity index (χ4v) is 1.59. The van der Waals surface area contributed by atoms with Crippen LogP contribution in [0.2, 0.25) is 5.02 Å². The van der Waals surface area contributed by atoms with Crippen molar-refractivity contribution in [2.75, 3.05) is 11.1 Å². The van der Waals surface area contributed by atoms with E-state index in [0.29, 0.717) is 16.3 Å². The van der Waals surface area contributed by atoms with E-state index in [4.69, 9.17) is 17.3 Å². The van der Waals surface area contributed by atoms with Crippen LogP contribution in [0.5, 0.6) is 0 Å². The zero-order chi connectivity index (χ0) is 13.1. The Morgan fingerprint density at radius 2 is 2.11 bits per heavy atom. The minimum absolute atomic E-state index is 0.234. The fraction of sp³-hybridized carbons (Fsp3) is 0. The van der Waals surface area contributed by atoms with Crippen LogP contribution >= 0.6 is 11.6 Å². The molecule has 0 bridgehead atoms. The number of hydrogen-bond donors (Lipinski definition) is 3. The maximum atomic E-state index is 11.8. The molecular formula is C11H9ClN4O2. The average molecular weight is 265 g/mol. The number of benzene rings is 1. The Morgan fingerprint density at radius 1 is 1.33 bits per heavy atom. The van der Waals surface area contributed by atoms with Crippen molar-refractivity contribution in [3.63, 3.8) is 0 Å². The second kappa shape index (κ2) is 4.89. The van der Waals surface area contributed by atoms with Gasteiger partial charge in [0.25, 0.3) is 11.5 Å². The van der Waals surface area contributed by atoms with Gasteiger partial charge in [0.05, 0.1) is 0 Å². The molecule has 0 aliphatic carbocycles. The summed E-state index contributed by atoms with van der Waals surface area (Å²) in [5.41, 5.74) is 5.94. The van der Waals surface area contributed by atoms with Crippen molar-refractivity contribution in [1.82, 2.24) is 10.2 Å². The maximum Gasteiger partial charge on any atom is 0.264 e. The summed E-state index contributed by atoms with van der Waals surface area (Å²) in [7, 11) is 0. The average Bonchev–Trinajstić information content (AvgIpc) is 2.31. The third kappa shape index (κ3) is 2.86. The SMILES string of the molecule is Nc1cc(Cl)cc(C(=O)Nc2ccc(=O)[nH]n2)c1. The third-order valence-corrected chi connectivity index (χ3v) is 2.32. The summed E-state index contributed by atoms with van der Waals surface area (Å²) in [5.74, 6) is -0.179. The third-order valence-electron chi connectivity index (χ3n) is 2.10. The van der Waals surface area contributed by atoms with Crippen LogP contribution in [0.15, 0.2) is 35.1 Å². The molecule has 1 amide bonds. The van der Waals surface area contributed by atoms with E-state index < -0.39 is 5.91 Å². The van der Waals surface area contributed by atoms with Crippen LogP contribution in [0.25, 0.3) is 0 Å². The van der Waals surface area contributed by atoms with E-state index in [1.165, 1.54) is 30.3 Å². The molecule has 18 heavy (non-hydrogen) atoms. The van der Waals surface area contributed by atoms with Gasteiger partial charge in [0.1, 0.15) is 0 Å². The Hall–Kier alpha value is -2.34. The number of nitrogens with two attached hydrogens (primary N) is 1. The molecule has 1 aromatic heterocycles. The quantitative estimate of drug-likeness (QED) is 0.711. The van der Waals surface area contributed by atoms with Gasteiger partial charge < -0.3 is 11.1 Å². The number of nitrogens with zero attached hydrogens (tertiary/aromatic N) is 1. The number of carbonyl (C=O) groups excluding carboxylic acids is 1. The second-order valence-corrected chi connectivity index (χ2v) is 3.97. The number of nitrogen functional groups attached to an aromatic ring is 1. The molecule has 1 aromatic carbocycles. The predicted octanol–water partition coefficient (Wildman–Crippen LogP) is 1.26. The van der Waals surface area contributed by atoms with Gasteiger partial charge >= 0.3 is 0 Å². The molecule has 4 N–H and O–H groups in total. The smallest absolute Gasteiger partial charge is 0.264 e. The minimum Gasteiger partial charge on any atom is -0.399 e. The summed E-state index contributed by atoms with van der Waals surface area (Å²) >= 11 is 5.79. The van der Waals surface area contributed by atoms with Gasteiger partial charge in [-0.2, -0.15) is 5.10 Å². The van der Waals surface area contributed by atoms with Crippen LogP contribution in [-0.2, 0) is 0 Å². The molecule has 0 saturated carbocycles. The second-order valence-electron chi connectivity index (χ2n) is 3.53. The molecule has 0 saturated heterocycles. The zero-order valence-electron chi connectivity index (χ0n) is 9.11. The highest BCUT2D eigenvalue weighted by Gasteiger charge is 2.08. The standard InChI is InChI=1S/C11H9ClN4O2/c12-7-3-6(4-8(13)5-7)11(18)14-9-1-2-10(17)16-15-9/h1-5H,13H2,(H,16,17)(H,14,15,18). The first-order valence-corrected chi connectivity index (χ1v) is 5.35. The van der Waals surface area contributed by atoms with Gasteiger partial charge in [0.2, 0.25) is 0 Å². The zero-order valence-corrected chi connectivity index (χ0v) is 9.86. The van der Waals surface area contributed by atoms with Crippen LogP contribution in [0.3, 0.4) is 0 Å². The topological polar surface area (TPSA) is 101 Å². The molecule has 0 aliphatic heterocycles. The first-order chi connectivity index (χ1) is 8.54. The number of rotatable bonds is 2. The molecular weight excluding hydrogens is 256 g/mol. The van der Waals surface area contributed by atoms with Gasteiger partial charge in [-0.25, -0.2) is 5.10 Å². The van der Waals surface area contributed by atoms with Crippen LogP contribution in [0, 0.1) is 0 Å². The predicted molar refractivity (Wildman–Crippen MR) is 68.7 cm³/mol. The van der Waals surface area contributed by atoms with Crippen LogP contribution < -0.4 is 16.6 Å². The van der Waals surface area contributed by atoms with Crippen LogP contribution in [0.1, 0.15) is 10.4 Å². The first kappa shape index (κ1) is 12.1. The molecule has 0 unspecified atom stereocenters. The number of halogens is 1. The lowest BCUT2D eigenvalue weighted by Gasteiger charge is -2.05. The number of hydrogen-bond acceptors (Lipinski definition) is 4. The highest BCUT2D eigenvalue weighted by atomic mass is 35.5. The molecule has 0 radical (unpaired) electrons. The van der Waals surface area contributed by atoms with Crippen LogP contribution in [-0.4, -0.2) is 16.1 Å². The van der Waals surface area contributed by atoms with E-state index in [2.05, 4.69) is 15.5 Å². The molecule has 0 fully saturated rings. The van der Waals surface area contributed by atoms with E-state index in [9.17, 15) is 9.59 Å². The minimum atomic E-state index is -0.413. The summed E-state index contributed by atoms with van der Waals surface area (Å²) in [4.78, 5) is 22.6. The van der Waals surface area contributed by atoms with E-state index in [1.54, 1.807) is 0 Å². The van der Waals surface area contributed by atoms with Crippen LogP contribution in [0.4, 0.5) is 11.5 Å². The fourth-order valence-electron chi connectivity index (χ4n) is 1.35. The molecule has 1 heterocycles. The van der Waals surface area contributed by atoms with Crippen molar-refractivity contribution >= 4 is 29.0 Å². The summed E-state index contributed by atoms with van der Waals surface area (Å²) in [6.07, 6.45) is 0. The van der Waals surface area contributed by atoms with Crippen molar-refractivity contribution in [2.24, 2.45) is 0 Å². The lowest BCUT2D eigenvalue weighted by molar-refractivity contribution is 0.102. The highest BCUT2D eigenvalue weighted by molar-refractivity contribution is 6.31.